The van der Waals surface area contributed by atoms with E-state index in [9.17, 15) is 4.57 Å². The van der Waals surface area contributed by atoms with Crippen molar-refractivity contribution in [1.82, 2.24) is 0 Å². The maximum absolute atomic E-state index is 10.9. The number of benzene rings is 1. The Kier molecular flexibility index (Phi) is 3.91. The highest BCUT2D eigenvalue weighted by Crippen LogP contribution is 2.41. The molecular formula is C10H15O4P. The number of para-hydroxylation sites is 1. The molecule has 15 heavy (non-hydrogen) atoms. The monoisotopic (exact) mass is 230 g/mol. The lowest BCUT2D eigenvalue weighted by molar-refractivity contribution is 0.240. The van der Waals surface area contributed by atoms with Gasteiger partial charge in [-0.3, -0.25) is 4.57 Å². The second-order valence-corrected chi connectivity index (χ2v) is 5.24. The fraction of sp³-hybridized carbons (Fsp3) is 0.400. The molecule has 0 amide bonds. The molecule has 0 saturated carbocycles. The van der Waals surface area contributed by atoms with Crippen molar-refractivity contribution in [2.45, 2.75) is 26.1 Å². The molecule has 0 bridgehead atoms. The van der Waals surface area contributed by atoms with Crippen molar-refractivity contribution in [2.75, 3.05) is 0 Å². The molecule has 0 spiro atoms. The zero-order valence-corrected chi connectivity index (χ0v) is 9.65. The predicted molar refractivity (Wildman–Crippen MR) is 58.0 cm³/mol. The summed E-state index contributed by atoms with van der Waals surface area (Å²) in [4.78, 5) is 17.8. The Bertz CT molecular complexity index is 369. The van der Waals surface area contributed by atoms with Gasteiger partial charge < -0.3 is 14.5 Å². The number of hydrogen-bond acceptors (Lipinski definition) is 2. The molecule has 0 radical (unpaired) electrons. The fourth-order valence-electron chi connectivity index (χ4n) is 1.23. The van der Waals surface area contributed by atoms with Crippen LogP contribution < -0.4 is 4.74 Å². The van der Waals surface area contributed by atoms with Crippen LogP contribution in [-0.4, -0.2) is 15.9 Å². The zero-order valence-electron chi connectivity index (χ0n) is 8.75. The van der Waals surface area contributed by atoms with E-state index in [1.807, 2.05) is 13.8 Å². The van der Waals surface area contributed by atoms with E-state index in [2.05, 4.69) is 0 Å². The first-order valence-corrected chi connectivity index (χ1v) is 6.47. The van der Waals surface area contributed by atoms with Crippen molar-refractivity contribution in [3.63, 3.8) is 0 Å². The SMILES string of the molecule is CC(C)Oc1ccccc1CP(=O)(O)O. The summed E-state index contributed by atoms with van der Waals surface area (Å²) in [6.45, 7) is 3.74. The molecule has 0 unspecified atom stereocenters. The molecule has 0 fully saturated rings. The van der Waals surface area contributed by atoms with E-state index < -0.39 is 7.60 Å². The van der Waals surface area contributed by atoms with E-state index in [-0.39, 0.29) is 12.3 Å². The highest BCUT2D eigenvalue weighted by atomic mass is 31.2. The van der Waals surface area contributed by atoms with Crippen molar-refractivity contribution in [3.05, 3.63) is 29.8 Å². The van der Waals surface area contributed by atoms with Gasteiger partial charge in [0.15, 0.2) is 0 Å². The second-order valence-electron chi connectivity index (χ2n) is 3.60. The van der Waals surface area contributed by atoms with Gasteiger partial charge in [-0.1, -0.05) is 18.2 Å². The lowest BCUT2D eigenvalue weighted by Crippen LogP contribution is -2.07. The Labute approximate surface area is 89.1 Å². The highest BCUT2D eigenvalue weighted by Gasteiger charge is 2.17. The van der Waals surface area contributed by atoms with Gasteiger partial charge in [-0.05, 0) is 19.9 Å². The maximum Gasteiger partial charge on any atom is 0.330 e. The van der Waals surface area contributed by atoms with Gasteiger partial charge in [0.1, 0.15) is 5.75 Å². The summed E-state index contributed by atoms with van der Waals surface area (Å²) in [6, 6.07) is 6.89. The predicted octanol–water partition coefficient (Wildman–Crippen LogP) is 2.15. The Balaban J connectivity index is 2.91. The molecule has 1 rings (SSSR count). The van der Waals surface area contributed by atoms with Crippen molar-refractivity contribution < 1.29 is 19.1 Å². The van der Waals surface area contributed by atoms with Crippen LogP contribution >= 0.6 is 7.60 Å². The summed E-state index contributed by atoms with van der Waals surface area (Å²) in [5.74, 6) is 0.538. The highest BCUT2D eigenvalue weighted by molar-refractivity contribution is 7.50. The smallest absolute Gasteiger partial charge is 0.330 e. The number of hydrogen-bond donors (Lipinski definition) is 2. The number of rotatable bonds is 4. The molecule has 0 aromatic heterocycles. The summed E-state index contributed by atoms with van der Waals surface area (Å²) in [6.07, 6.45) is -0.293. The topological polar surface area (TPSA) is 66.8 Å². The largest absolute Gasteiger partial charge is 0.491 e. The molecule has 0 saturated heterocycles. The van der Waals surface area contributed by atoms with Crippen molar-refractivity contribution in [1.29, 1.82) is 0 Å². The van der Waals surface area contributed by atoms with Crippen LogP contribution in [0.1, 0.15) is 19.4 Å². The van der Waals surface area contributed by atoms with Gasteiger partial charge in [0.25, 0.3) is 0 Å². The minimum Gasteiger partial charge on any atom is -0.491 e. The van der Waals surface area contributed by atoms with Crippen molar-refractivity contribution in [3.8, 4) is 5.75 Å². The van der Waals surface area contributed by atoms with Gasteiger partial charge in [0.05, 0.1) is 12.3 Å². The third kappa shape index (κ3) is 4.47. The molecule has 84 valence electrons. The van der Waals surface area contributed by atoms with Gasteiger partial charge >= 0.3 is 7.60 Å². The van der Waals surface area contributed by atoms with Gasteiger partial charge in [-0.25, -0.2) is 0 Å². The molecule has 2 N–H and O–H groups in total. The van der Waals surface area contributed by atoms with Crippen LogP contribution in [0.5, 0.6) is 5.75 Å². The zero-order chi connectivity index (χ0) is 11.5. The molecular weight excluding hydrogens is 215 g/mol. The van der Waals surface area contributed by atoms with Gasteiger partial charge in [0, 0.05) is 5.56 Å². The molecule has 1 aromatic carbocycles. The Morgan fingerprint density at radius 3 is 2.47 bits per heavy atom. The van der Waals surface area contributed by atoms with E-state index >= 15 is 0 Å². The van der Waals surface area contributed by atoms with E-state index in [0.717, 1.165) is 0 Å². The lowest BCUT2D eigenvalue weighted by Gasteiger charge is -2.14. The van der Waals surface area contributed by atoms with Crippen LogP contribution in [0.25, 0.3) is 0 Å². The molecule has 0 aliphatic carbocycles. The van der Waals surface area contributed by atoms with E-state index in [0.29, 0.717) is 11.3 Å². The van der Waals surface area contributed by atoms with Crippen LogP contribution in [0, 0.1) is 0 Å². The van der Waals surface area contributed by atoms with Crippen molar-refractivity contribution in [2.24, 2.45) is 0 Å². The van der Waals surface area contributed by atoms with Crippen LogP contribution in [0.15, 0.2) is 24.3 Å². The standard InChI is InChI=1S/C10H15O4P/c1-8(2)14-10-6-4-3-5-9(10)7-15(11,12)13/h3-6,8H,7H2,1-2H3,(H2,11,12,13). The maximum atomic E-state index is 10.9. The number of ether oxygens (including phenoxy) is 1. The van der Waals surface area contributed by atoms with Crippen LogP contribution in [-0.2, 0) is 10.7 Å². The van der Waals surface area contributed by atoms with Gasteiger partial charge in [-0.15, -0.1) is 0 Å². The summed E-state index contributed by atoms with van der Waals surface area (Å²) >= 11 is 0. The summed E-state index contributed by atoms with van der Waals surface area (Å²) < 4.78 is 16.3. The second kappa shape index (κ2) is 4.79. The Morgan fingerprint density at radius 1 is 1.33 bits per heavy atom. The lowest BCUT2D eigenvalue weighted by atomic mass is 10.2. The van der Waals surface area contributed by atoms with Gasteiger partial charge in [-0.2, -0.15) is 0 Å². The third-order valence-corrected chi connectivity index (χ3v) is 2.46. The average molecular weight is 230 g/mol. The normalized spacial score (nSPS) is 11.8. The van der Waals surface area contributed by atoms with Crippen LogP contribution in [0.2, 0.25) is 0 Å². The van der Waals surface area contributed by atoms with Crippen LogP contribution in [0.4, 0.5) is 0 Å². The minimum atomic E-state index is -4.04. The third-order valence-electron chi connectivity index (χ3n) is 1.71. The van der Waals surface area contributed by atoms with Crippen LogP contribution in [0.3, 0.4) is 0 Å². The Hall–Kier alpha value is -0.830. The molecule has 0 heterocycles. The molecule has 0 aliphatic heterocycles. The summed E-state index contributed by atoms with van der Waals surface area (Å²) in [7, 11) is -4.04. The molecule has 1 aromatic rings. The Morgan fingerprint density at radius 2 is 1.93 bits per heavy atom. The summed E-state index contributed by atoms with van der Waals surface area (Å²) in [5.41, 5.74) is 0.541. The molecule has 4 nitrogen and oxygen atoms in total. The molecule has 0 atom stereocenters. The van der Waals surface area contributed by atoms with E-state index in [1.54, 1.807) is 24.3 Å². The minimum absolute atomic E-state index is 0.0112. The summed E-state index contributed by atoms with van der Waals surface area (Å²) in [5, 5.41) is 0. The molecule has 5 heteroatoms. The van der Waals surface area contributed by atoms with E-state index in [1.165, 1.54) is 0 Å². The first-order chi connectivity index (χ1) is 6.88. The first kappa shape index (κ1) is 12.2. The fourth-order valence-corrected chi connectivity index (χ4v) is 1.93. The van der Waals surface area contributed by atoms with Gasteiger partial charge in [0.2, 0.25) is 0 Å². The molecule has 0 aliphatic rings. The first-order valence-electron chi connectivity index (χ1n) is 4.67. The average Bonchev–Trinajstić information content (AvgIpc) is 2.05. The quantitative estimate of drug-likeness (QED) is 0.778. The van der Waals surface area contributed by atoms with E-state index in [4.69, 9.17) is 14.5 Å². The van der Waals surface area contributed by atoms with Crippen molar-refractivity contribution >= 4 is 7.60 Å².